The van der Waals surface area contributed by atoms with Gasteiger partial charge in [0, 0.05) is 26.2 Å². The van der Waals surface area contributed by atoms with Crippen molar-refractivity contribution < 1.29 is 24.0 Å². The van der Waals surface area contributed by atoms with Gasteiger partial charge >= 0.3 is 11.8 Å². The maximum atomic E-state index is 12.0. The van der Waals surface area contributed by atoms with E-state index in [0.29, 0.717) is 38.0 Å². The van der Waals surface area contributed by atoms with Gasteiger partial charge in [-0.3, -0.25) is 24.6 Å². The standard InChI is InChI=1S/C36H49N9O6/c1-23-28(9-6-10-29(23)27-8-5-7-26(15-27)20-44(21-31(37)46)22-32(38)47)18-40-34-41-19-30(45(49)50)33(43-34)39-16-24-11-13-25(14-12-24)17-42-35(48)51-36(2,3)4/h5-10,15,19,24-25H,11-14,16-18,20-22H2,1-4H3,(H2,37,46)(H2,38,47)(H,42,48)(H2,39,40,41,43). The van der Waals surface area contributed by atoms with Crippen LogP contribution in [0.5, 0.6) is 0 Å². The van der Waals surface area contributed by atoms with E-state index in [9.17, 15) is 24.5 Å². The summed E-state index contributed by atoms with van der Waals surface area (Å²) in [5.41, 5.74) is 14.8. The highest BCUT2D eigenvalue weighted by atomic mass is 16.6. The quantitative estimate of drug-likeness (QED) is 0.103. The van der Waals surface area contributed by atoms with Crippen molar-refractivity contribution in [2.45, 2.75) is 72.1 Å². The van der Waals surface area contributed by atoms with Gasteiger partial charge in [0.15, 0.2) is 0 Å². The Labute approximate surface area is 298 Å². The largest absolute Gasteiger partial charge is 0.444 e. The number of benzene rings is 2. The average molecular weight is 704 g/mol. The van der Waals surface area contributed by atoms with Gasteiger partial charge in [0.25, 0.3) is 0 Å². The molecule has 2 aromatic carbocycles. The van der Waals surface area contributed by atoms with Crippen LogP contribution in [0.4, 0.5) is 22.2 Å². The minimum absolute atomic E-state index is 0.0903. The van der Waals surface area contributed by atoms with Crippen LogP contribution in [0.2, 0.25) is 0 Å². The van der Waals surface area contributed by atoms with Crippen molar-refractivity contribution >= 4 is 35.4 Å². The van der Waals surface area contributed by atoms with Crippen LogP contribution in [0, 0.1) is 28.9 Å². The number of carbonyl (C=O) groups is 3. The first-order chi connectivity index (χ1) is 24.2. The first kappa shape index (κ1) is 38.5. The number of aromatic nitrogens is 2. The molecule has 0 atom stereocenters. The second kappa shape index (κ2) is 17.6. The number of rotatable bonds is 16. The Kier molecular flexibility index (Phi) is 13.3. The minimum Gasteiger partial charge on any atom is -0.444 e. The maximum absolute atomic E-state index is 12.0. The van der Waals surface area contributed by atoms with Crippen LogP contribution in [-0.4, -0.2) is 69.5 Å². The van der Waals surface area contributed by atoms with E-state index < -0.39 is 28.4 Å². The number of nitro groups is 1. The number of primary amides is 2. The lowest BCUT2D eigenvalue weighted by Gasteiger charge is -2.29. The summed E-state index contributed by atoms with van der Waals surface area (Å²) in [6.45, 7) is 9.12. The van der Waals surface area contributed by atoms with Gasteiger partial charge in [-0.15, -0.1) is 0 Å². The van der Waals surface area contributed by atoms with Crippen molar-refractivity contribution in [1.82, 2.24) is 20.2 Å². The molecule has 3 aromatic rings. The predicted octanol–water partition coefficient (Wildman–Crippen LogP) is 4.49. The van der Waals surface area contributed by atoms with Crippen LogP contribution in [-0.2, 0) is 27.4 Å². The number of amides is 3. The Bertz CT molecular complexity index is 1690. The molecule has 1 aliphatic carbocycles. The van der Waals surface area contributed by atoms with Gasteiger partial charge in [-0.2, -0.15) is 4.98 Å². The van der Waals surface area contributed by atoms with Crippen molar-refractivity contribution in [3.05, 3.63) is 75.5 Å². The summed E-state index contributed by atoms with van der Waals surface area (Å²) in [6, 6.07) is 13.8. The Hall–Kier alpha value is -5.31. The van der Waals surface area contributed by atoms with Gasteiger partial charge in [-0.25, -0.2) is 9.78 Å². The minimum atomic E-state index is -0.548. The molecule has 1 aliphatic rings. The molecule has 0 radical (unpaired) electrons. The molecule has 0 aliphatic heterocycles. The van der Waals surface area contributed by atoms with E-state index in [1.165, 1.54) is 6.20 Å². The van der Waals surface area contributed by atoms with Gasteiger partial charge in [-0.05, 0) is 99.1 Å². The summed E-state index contributed by atoms with van der Waals surface area (Å²) in [7, 11) is 0. The lowest BCUT2D eigenvalue weighted by atomic mass is 9.82. The van der Waals surface area contributed by atoms with E-state index in [1.807, 2.05) is 70.2 Å². The SMILES string of the molecule is Cc1c(CNc2ncc([N+](=O)[O-])c(NCC3CCC(CNC(=O)OC(C)(C)C)CC3)n2)cccc1-c1cccc(CN(CC(N)=O)CC(N)=O)c1. The molecule has 51 heavy (non-hydrogen) atoms. The van der Waals surface area contributed by atoms with Crippen LogP contribution in [0.3, 0.4) is 0 Å². The second-order valence-corrected chi connectivity index (χ2v) is 14.1. The topological polar surface area (TPSA) is 221 Å². The number of nitrogens with zero attached hydrogens (tertiary/aromatic N) is 4. The Morgan fingerprint density at radius 2 is 1.63 bits per heavy atom. The molecule has 0 bridgehead atoms. The number of anilines is 2. The number of nitrogens with two attached hydrogens (primary N) is 2. The van der Waals surface area contributed by atoms with Gasteiger partial charge in [-0.1, -0.05) is 36.4 Å². The summed E-state index contributed by atoms with van der Waals surface area (Å²) < 4.78 is 5.33. The van der Waals surface area contributed by atoms with Crippen molar-refractivity contribution in [3.8, 4) is 11.1 Å². The molecule has 15 heteroatoms. The fourth-order valence-corrected chi connectivity index (χ4v) is 6.21. The summed E-state index contributed by atoms with van der Waals surface area (Å²) in [5.74, 6) is -0.00393. The van der Waals surface area contributed by atoms with E-state index in [2.05, 4.69) is 25.9 Å². The molecule has 0 saturated heterocycles. The number of ether oxygens (including phenoxy) is 1. The molecule has 1 heterocycles. The Morgan fingerprint density at radius 1 is 0.980 bits per heavy atom. The fourth-order valence-electron chi connectivity index (χ4n) is 6.21. The van der Waals surface area contributed by atoms with Crippen LogP contribution < -0.4 is 27.4 Å². The molecule has 1 saturated carbocycles. The number of nitrogens with one attached hydrogen (secondary N) is 3. The van der Waals surface area contributed by atoms with Crippen LogP contribution in [0.15, 0.2) is 48.7 Å². The van der Waals surface area contributed by atoms with E-state index in [1.54, 1.807) is 4.90 Å². The molecule has 1 aromatic heterocycles. The number of hydrogen-bond acceptors (Lipinski definition) is 11. The number of carbonyl (C=O) groups excluding carboxylic acids is 3. The van der Waals surface area contributed by atoms with Gasteiger partial charge in [0.05, 0.1) is 18.0 Å². The van der Waals surface area contributed by atoms with Crippen molar-refractivity contribution in [2.75, 3.05) is 36.8 Å². The zero-order valence-corrected chi connectivity index (χ0v) is 29.7. The highest BCUT2D eigenvalue weighted by molar-refractivity contribution is 5.79. The highest BCUT2D eigenvalue weighted by Gasteiger charge is 2.25. The first-order valence-electron chi connectivity index (χ1n) is 17.1. The molecule has 7 N–H and O–H groups in total. The summed E-state index contributed by atoms with van der Waals surface area (Å²) in [5, 5.41) is 21.1. The zero-order valence-electron chi connectivity index (χ0n) is 29.7. The van der Waals surface area contributed by atoms with Crippen molar-refractivity contribution in [3.63, 3.8) is 0 Å². The number of hydrogen-bond donors (Lipinski definition) is 5. The van der Waals surface area contributed by atoms with Gasteiger partial charge < -0.3 is 32.2 Å². The van der Waals surface area contributed by atoms with E-state index in [-0.39, 0.29) is 30.5 Å². The lowest BCUT2D eigenvalue weighted by Crippen LogP contribution is -2.39. The monoisotopic (exact) mass is 703 g/mol. The van der Waals surface area contributed by atoms with Crippen molar-refractivity contribution in [1.29, 1.82) is 0 Å². The normalized spacial score (nSPS) is 15.9. The molecule has 274 valence electrons. The molecule has 3 amide bonds. The third kappa shape index (κ3) is 12.2. The van der Waals surface area contributed by atoms with Crippen LogP contribution in [0.1, 0.15) is 63.1 Å². The molecular formula is C36H49N9O6. The third-order valence-electron chi connectivity index (χ3n) is 8.71. The average Bonchev–Trinajstić information content (AvgIpc) is 3.05. The molecule has 4 rings (SSSR count). The van der Waals surface area contributed by atoms with Gasteiger partial charge in [0.2, 0.25) is 23.6 Å². The molecule has 0 spiro atoms. The summed E-state index contributed by atoms with van der Waals surface area (Å²) >= 11 is 0. The lowest BCUT2D eigenvalue weighted by molar-refractivity contribution is -0.384. The Morgan fingerprint density at radius 3 is 2.25 bits per heavy atom. The zero-order chi connectivity index (χ0) is 37.1. The maximum Gasteiger partial charge on any atom is 0.407 e. The molecule has 15 nitrogen and oxygen atoms in total. The van der Waals surface area contributed by atoms with E-state index >= 15 is 0 Å². The summed E-state index contributed by atoms with van der Waals surface area (Å²) in [4.78, 5) is 56.6. The molecule has 0 unspecified atom stereocenters. The highest BCUT2D eigenvalue weighted by Crippen LogP contribution is 2.31. The fraction of sp³-hybridized carbons (Fsp3) is 0.472. The first-order valence-corrected chi connectivity index (χ1v) is 17.1. The summed E-state index contributed by atoms with van der Waals surface area (Å²) in [6.07, 6.45) is 4.53. The van der Waals surface area contributed by atoms with E-state index in [0.717, 1.165) is 53.5 Å². The Balaban J connectivity index is 1.36. The van der Waals surface area contributed by atoms with Crippen LogP contribution >= 0.6 is 0 Å². The second-order valence-electron chi connectivity index (χ2n) is 14.1. The number of alkyl carbamates (subject to hydrolysis) is 1. The molecule has 1 fully saturated rings. The predicted molar refractivity (Wildman–Crippen MR) is 194 cm³/mol. The van der Waals surface area contributed by atoms with Gasteiger partial charge in [0.1, 0.15) is 11.8 Å². The smallest absolute Gasteiger partial charge is 0.407 e. The van der Waals surface area contributed by atoms with Crippen molar-refractivity contribution in [2.24, 2.45) is 23.3 Å². The van der Waals surface area contributed by atoms with E-state index in [4.69, 9.17) is 16.2 Å². The third-order valence-corrected chi connectivity index (χ3v) is 8.71. The molecular weight excluding hydrogens is 654 g/mol. The van der Waals surface area contributed by atoms with Crippen LogP contribution in [0.25, 0.3) is 11.1 Å².